The first kappa shape index (κ1) is 15.3. The van der Waals surface area contributed by atoms with Crippen LogP contribution >= 0.6 is 15.9 Å². The van der Waals surface area contributed by atoms with E-state index < -0.39 is 0 Å². The van der Waals surface area contributed by atoms with Crippen LogP contribution in [0.2, 0.25) is 0 Å². The Morgan fingerprint density at radius 1 is 1.40 bits per heavy atom. The predicted octanol–water partition coefficient (Wildman–Crippen LogP) is 3.58. The first-order valence-electron chi connectivity index (χ1n) is 6.67. The maximum Gasteiger partial charge on any atom is 0.201 e. The summed E-state index contributed by atoms with van der Waals surface area (Å²) < 4.78 is 21.3. The van der Waals surface area contributed by atoms with Crippen LogP contribution in [-0.2, 0) is 11.3 Å². The summed E-state index contributed by atoms with van der Waals surface area (Å²) in [5.41, 5.74) is 7.24. The molecule has 6 heteroatoms. The van der Waals surface area contributed by atoms with Crippen LogP contribution < -0.4 is 5.73 Å². The minimum Gasteiger partial charge on any atom is -0.380 e. The average Bonchev–Trinajstić information content (AvgIpc) is 2.65. The standard InChI is InChI=1S/C14H19BrFN3O/c1-9(2)3-5-20-6-4-19-13-7-10(15)11(16)8-12(13)18-14(19)17/h7-9H,3-6H2,1-2H3,(H2,17,18). The zero-order chi connectivity index (χ0) is 14.7. The summed E-state index contributed by atoms with van der Waals surface area (Å²) >= 11 is 3.18. The smallest absolute Gasteiger partial charge is 0.201 e. The van der Waals surface area contributed by atoms with Gasteiger partial charge in [-0.15, -0.1) is 0 Å². The van der Waals surface area contributed by atoms with Gasteiger partial charge in [-0.1, -0.05) is 13.8 Å². The van der Waals surface area contributed by atoms with Crippen molar-refractivity contribution in [1.29, 1.82) is 0 Å². The van der Waals surface area contributed by atoms with E-state index in [0.29, 0.717) is 35.0 Å². The molecule has 0 atom stereocenters. The molecule has 0 aliphatic rings. The van der Waals surface area contributed by atoms with E-state index >= 15 is 0 Å². The number of imidazole rings is 1. The molecular formula is C14H19BrFN3O. The van der Waals surface area contributed by atoms with Crippen LogP contribution in [-0.4, -0.2) is 22.8 Å². The van der Waals surface area contributed by atoms with Crippen molar-refractivity contribution in [3.05, 3.63) is 22.4 Å². The molecule has 1 heterocycles. The molecule has 0 fully saturated rings. The second-order valence-electron chi connectivity index (χ2n) is 5.17. The number of halogens is 2. The topological polar surface area (TPSA) is 53.1 Å². The van der Waals surface area contributed by atoms with Gasteiger partial charge in [0.15, 0.2) is 0 Å². The summed E-state index contributed by atoms with van der Waals surface area (Å²) in [6.45, 7) is 6.24. The lowest BCUT2D eigenvalue weighted by Gasteiger charge is -2.09. The zero-order valence-corrected chi connectivity index (χ0v) is 13.3. The second-order valence-corrected chi connectivity index (χ2v) is 6.03. The number of fused-ring (bicyclic) bond motifs is 1. The van der Waals surface area contributed by atoms with Gasteiger partial charge in [0.1, 0.15) is 5.82 Å². The molecule has 0 unspecified atom stereocenters. The highest BCUT2D eigenvalue weighted by molar-refractivity contribution is 9.10. The first-order chi connectivity index (χ1) is 9.49. The molecule has 0 bridgehead atoms. The van der Waals surface area contributed by atoms with Gasteiger partial charge in [-0.25, -0.2) is 9.37 Å². The number of benzene rings is 1. The molecular weight excluding hydrogens is 325 g/mol. The monoisotopic (exact) mass is 343 g/mol. The van der Waals surface area contributed by atoms with E-state index in [9.17, 15) is 4.39 Å². The number of anilines is 1. The molecule has 110 valence electrons. The average molecular weight is 344 g/mol. The summed E-state index contributed by atoms with van der Waals surface area (Å²) in [5, 5.41) is 0. The lowest BCUT2D eigenvalue weighted by Crippen LogP contribution is -2.10. The van der Waals surface area contributed by atoms with Crippen molar-refractivity contribution in [2.45, 2.75) is 26.8 Å². The zero-order valence-electron chi connectivity index (χ0n) is 11.7. The number of aromatic nitrogens is 2. The highest BCUT2D eigenvalue weighted by Gasteiger charge is 2.11. The third-order valence-electron chi connectivity index (χ3n) is 3.12. The number of nitrogens with zero attached hydrogens (tertiary/aromatic N) is 2. The predicted molar refractivity (Wildman–Crippen MR) is 82.1 cm³/mol. The minimum atomic E-state index is -0.338. The maximum atomic E-state index is 13.5. The van der Waals surface area contributed by atoms with Crippen molar-refractivity contribution < 1.29 is 9.13 Å². The Morgan fingerprint density at radius 3 is 2.85 bits per heavy atom. The Labute approximate surface area is 126 Å². The normalized spacial score (nSPS) is 11.7. The number of hydrogen-bond donors (Lipinski definition) is 1. The van der Waals surface area contributed by atoms with Crippen LogP contribution in [0.25, 0.3) is 11.0 Å². The van der Waals surface area contributed by atoms with Crippen LogP contribution in [0.1, 0.15) is 20.3 Å². The van der Waals surface area contributed by atoms with Crippen LogP contribution in [0, 0.1) is 11.7 Å². The molecule has 1 aromatic carbocycles. The molecule has 0 amide bonds. The van der Waals surface area contributed by atoms with E-state index in [1.807, 2.05) is 4.57 Å². The van der Waals surface area contributed by atoms with Gasteiger partial charge in [-0.2, -0.15) is 0 Å². The third-order valence-corrected chi connectivity index (χ3v) is 3.73. The van der Waals surface area contributed by atoms with Gasteiger partial charge in [0.05, 0.1) is 22.1 Å². The number of nitrogen functional groups attached to an aromatic ring is 1. The number of nitrogens with two attached hydrogens (primary N) is 1. The maximum absolute atomic E-state index is 13.5. The van der Waals surface area contributed by atoms with Gasteiger partial charge < -0.3 is 15.0 Å². The fourth-order valence-electron chi connectivity index (χ4n) is 1.95. The fraction of sp³-hybridized carbons (Fsp3) is 0.500. The Balaban J connectivity index is 2.06. The van der Waals surface area contributed by atoms with Crippen molar-refractivity contribution >= 4 is 32.9 Å². The molecule has 0 aliphatic heterocycles. The molecule has 0 radical (unpaired) electrons. The van der Waals surface area contributed by atoms with Gasteiger partial charge >= 0.3 is 0 Å². The quantitative estimate of drug-likeness (QED) is 0.815. The molecule has 0 aliphatic carbocycles. The number of hydrogen-bond acceptors (Lipinski definition) is 3. The molecule has 20 heavy (non-hydrogen) atoms. The van der Waals surface area contributed by atoms with Crippen molar-refractivity contribution in [3.63, 3.8) is 0 Å². The van der Waals surface area contributed by atoms with Gasteiger partial charge in [-0.3, -0.25) is 0 Å². The van der Waals surface area contributed by atoms with E-state index in [-0.39, 0.29) is 5.82 Å². The number of ether oxygens (including phenoxy) is 1. The van der Waals surface area contributed by atoms with Crippen LogP contribution in [0.15, 0.2) is 16.6 Å². The molecule has 0 spiro atoms. The summed E-state index contributed by atoms with van der Waals surface area (Å²) in [6, 6.07) is 3.08. The fourth-order valence-corrected chi connectivity index (χ4v) is 2.28. The molecule has 0 saturated carbocycles. The van der Waals surface area contributed by atoms with Crippen molar-refractivity contribution in [2.24, 2.45) is 5.92 Å². The Morgan fingerprint density at radius 2 is 2.15 bits per heavy atom. The number of rotatable bonds is 6. The van der Waals surface area contributed by atoms with Crippen LogP contribution in [0.3, 0.4) is 0 Å². The highest BCUT2D eigenvalue weighted by atomic mass is 79.9. The van der Waals surface area contributed by atoms with Gasteiger partial charge in [0, 0.05) is 19.2 Å². The van der Waals surface area contributed by atoms with Crippen molar-refractivity contribution in [1.82, 2.24) is 9.55 Å². The lowest BCUT2D eigenvalue weighted by molar-refractivity contribution is 0.117. The summed E-state index contributed by atoms with van der Waals surface area (Å²) in [4.78, 5) is 4.17. The molecule has 2 aromatic rings. The highest BCUT2D eigenvalue weighted by Crippen LogP contribution is 2.25. The molecule has 0 saturated heterocycles. The first-order valence-corrected chi connectivity index (χ1v) is 7.47. The Kier molecular flexibility index (Phi) is 4.99. The minimum absolute atomic E-state index is 0.338. The van der Waals surface area contributed by atoms with Crippen molar-refractivity contribution in [3.8, 4) is 0 Å². The van der Waals surface area contributed by atoms with E-state index in [0.717, 1.165) is 18.5 Å². The van der Waals surface area contributed by atoms with Crippen LogP contribution in [0.4, 0.5) is 10.3 Å². The second kappa shape index (κ2) is 6.54. The third kappa shape index (κ3) is 3.49. The van der Waals surface area contributed by atoms with Gasteiger partial charge in [0.2, 0.25) is 5.95 Å². The van der Waals surface area contributed by atoms with E-state index in [1.165, 1.54) is 6.07 Å². The van der Waals surface area contributed by atoms with Crippen LogP contribution in [0.5, 0.6) is 0 Å². The molecule has 2 N–H and O–H groups in total. The van der Waals surface area contributed by atoms with Gasteiger partial charge in [-0.05, 0) is 34.3 Å². The summed E-state index contributed by atoms with van der Waals surface area (Å²) in [7, 11) is 0. The largest absolute Gasteiger partial charge is 0.380 e. The van der Waals surface area contributed by atoms with Crippen molar-refractivity contribution in [2.75, 3.05) is 18.9 Å². The molecule has 2 rings (SSSR count). The summed E-state index contributed by atoms with van der Waals surface area (Å²) in [6.07, 6.45) is 1.04. The summed E-state index contributed by atoms with van der Waals surface area (Å²) in [5.74, 6) is 0.674. The van der Waals surface area contributed by atoms with E-state index in [4.69, 9.17) is 10.5 Å². The lowest BCUT2D eigenvalue weighted by atomic mass is 10.1. The van der Waals surface area contributed by atoms with E-state index in [1.54, 1.807) is 6.07 Å². The Bertz CT molecular complexity index is 598. The molecule has 1 aromatic heterocycles. The Hall–Kier alpha value is -1.14. The SMILES string of the molecule is CC(C)CCOCCn1c(N)nc2cc(F)c(Br)cc21. The van der Waals surface area contributed by atoms with Gasteiger partial charge in [0.25, 0.3) is 0 Å². The molecule has 4 nitrogen and oxygen atoms in total. The van der Waals surface area contributed by atoms with E-state index in [2.05, 4.69) is 34.8 Å².